The summed E-state index contributed by atoms with van der Waals surface area (Å²) in [6, 6.07) is 13.5. The quantitative estimate of drug-likeness (QED) is 0.739. The molecule has 0 saturated heterocycles. The molecule has 2 aromatic carbocycles. The summed E-state index contributed by atoms with van der Waals surface area (Å²) in [5, 5.41) is 0.563. The van der Waals surface area contributed by atoms with Crippen molar-refractivity contribution in [3.63, 3.8) is 0 Å². The average Bonchev–Trinajstić information content (AvgIpc) is 2.46. The topological polar surface area (TPSA) is 20.3 Å². The minimum absolute atomic E-state index is 0.0200. The van der Waals surface area contributed by atoms with Crippen LogP contribution in [0, 0.1) is 6.92 Å². The molecule has 1 amide bonds. The van der Waals surface area contributed by atoms with Gasteiger partial charge in [-0.3, -0.25) is 4.79 Å². The van der Waals surface area contributed by atoms with Gasteiger partial charge in [0.15, 0.2) is 0 Å². The van der Waals surface area contributed by atoms with Gasteiger partial charge >= 0.3 is 0 Å². The molecule has 0 aromatic heterocycles. The summed E-state index contributed by atoms with van der Waals surface area (Å²) in [5.74, 6) is -0.0200. The van der Waals surface area contributed by atoms with Gasteiger partial charge in [0, 0.05) is 22.6 Å². The molecule has 0 aliphatic carbocycles. The fourth-order valence-electron chi connectivity index (χ4n) is 2.19. The Morgan fingerprint density at radius 3 is 2.67 bits per heavy atom. The van der Waals surface area contributed by atoms with E-state index in [-0.39, 0.29) is 5.91 Å². The van der Waals surface area contributed by atoms with Gasteiger partial charge in [-0.1, -0.05) is 41.4 Å². The van der Waals surface area contributed by atoms with Crippen LogP contribution in [0.5, 0.6) is 0 Å². The Labute approximate surface area is 138 Å². The maximum atomic E-state index is 12.7. The van der Waals surface area contributed by atoms with E-state index in [1.807, 2.05) is 24.0 Å². The van der Waals surface area contributed by atoms with Gasteiger partial charge in [0.1, 0.15) is 0 Å². The van der Waals surface area contributed by atoms with E-state index in [4.69, 9.17) is 11.6 Å². The van der Waals surface area contributed by atoms with Crippen LogP contribution in [0.2, 0.25) is 5.02 Å². The summed E-state index contributed by atoms with van der Waals surface area (Å²) in [6.45, 7) is 5.27. The lowest BCUT2D eigenvalue weighted by Gasteiger charge is -2.22. The highest BCUT2D eigenvalue weighted by Crippen LogP contribution is 2.23. The van der Waals surface area contributed by atoms with Gasteiger partial charge in [0.2, 0.25) is 0 Å². The molecule has 0 radical (unpaired) electrons. The van der Waals surface area contributed by atoms with Crippen molar-refractivity contribution in [1.82, 2.24) is 4.90 Å². The van der Waals surface area contributed by atoms with Gasteiger partial charge in [-0.15, -0.1) is 0 Å². The Hall–Kier alpha value is -1.32. The Morgan fingerprint density at radius 1 is 1.24 bits per heavy atom. The molecule has 0 spiro atoms. The zero-order valence-electron chi connectivity index (χ0n) is 12.1. The lowest BCUT2D eigenvalue weighted by atomic mass is 10.1. The lowest BCUT2D eigenvalue weighted by Crippen LogP contribution is -2.30. The van der Waals surface area contributed by atoms with Crippen molar-refractivity contribution in [3.8, 4) is 0 Å². The molecule has 4 heteroatoms. The molecule has 21 heavy (non-hydrogen) atoms. The van der Waals surface area contributed by atoms with Crippen molar-refractivity contribution in [3.05, 3.63) is 68.7 Å². The van der Waals surface area contributed by atoms with Gasteiger partial charge in [0.05, 0.1) is 5.56 Å². The predicted octanol–water partition coefficient (Wildman–Crippen LogP) is 5.07. The number of amides is 1. The minimum atomic E-state index is -0.0200. The van der Waals surface area contributed by atoms with E-state index >= 15 is 0 Å². The molecular formula is C17H17BrClNO. The molecule has 0 N–H and O–H groups in total. The molecule has 0 fully saturated rings. The first-order valence-corrected chi connectivity index (χ1v) is 7.98. The average molecular weight is 367 g/mol. The van der Waals surface area contributed by atoms with Crippen molar-refractivity contribution >= 4 is 33.4 Å². The van der Waals surface area contributed by atoms with Crippen molar-refractivity contribution in [1.29, 1.82) is 0 Å². The van der Waals surface area contributed by atoms with Crippen molar-refractivity contribution in [2.45, 2.75) is 20.4 Å². The van der Waals surface area contributed by atoms with Crippen LogP contribution in [0.3, 0.4) is 0 Å². The zero-order chi connectivity index (χ0) is 15.4. The highest BCUT2D eigenvalue weighted by atomic mass is 79.9. The second-order valence-corrected chi connectivity index (χ2v) is 6.22. The summed E-state index contributed by atoms with van der Waals surface area (Å²) in [5.41, 5.74) is 2.92. The Bertz CT molecular complexity index is 657. The molecule has 0 aliphatic rings. The first kappa shape index (κ1) is 16.1. The summed E-state index contributed by atoms with van der Waals surface area (Å²) in [7, 11) is 0. The maximum Gasteiger partial charge on any atom is 0.255 e. The summed E-state index contributed by atoms with van der Waals surface area (Å²) in [4.78, 5) is 14.5. The van der Waals surface area contributed by atoms with Crippen LogP contribution in [0.15, 0.2) is 46.9 Å². The number of aryl methyl sites for hydroxylation is 1. The van der Waals surface area contributed by atoms with E-state index in [2.05, 4.69) is 35.0 Å². The van der Waals surface area contributed by atoms with Crippen molar-refractivity contribution in [2.75, 3.05) is 6.54 Å². The van der Waals surface area contributed by atoms with E-state index in [1.54, 1.807) is 18.2 Å². The van der Waals surface area contributed by atoms with Gasteiger partial charge in [-0.05, 0) is 53.5 Å². The monoisotopic (exact) mass is 365 g/mol. The predicted molar refractivity (Wildman–Crippen MR) is 90.7 cm³/mol. The second kappa shape index (κ2) is 7.10. The molecular weight excluding hydrogens is 350 g/mol. The van der Waals surface area contributed by atoms with Crippen LogP contribution < -0.4 is 0 Å². The summed E-state index contributed by atoms with van der Waals surface area (Å²) >= 11 is 9.42. The molecule has 2 aromatic rings. The Balaban J connectivity index is 2.24. The second-order valence-electron chi connectivity index (χ2n) is 4.93. The van der Waals surface area contributed by atoms with Gasteiger partial charge in [-0.2, -0.15) is 0 Å². The number of nitrogens with zero attached hydrogens (tertiary/aromatic N) is 1. The van der Waals surface area contributed by atoms with Crippen LogP contribution in [-0.2, 0) is 6.54 Å². The molecule has 2 rings (SSSR count). The zero-order valence-corrected chi connectivity index (χ0v) is 14.4. The lowest BCUT2D eigenvalue weighted by molar-refractivity contribution is 0.0751. The Morgan fingerprint density at radius 2 is 2.00 bits per heavy atom. The van der Waals surface area contributed by atoms with Crippen LogP contribution in [-0.4, -0.2) is 17.4 Å². The first-order chi connectivity index (χ1) is 10.0. The van der Waals surface area contributed by atoms with E-state index in [0.29, 0.717) is 23.7 Å². The fourth-order valence-corrected chi connectivity index (χ4v) is 2.78. The molecule has 0 atom stereocenters. The van der Waals surface area contributed by atoms with Crippen LogP contribution in [0.4, 0.5) is 0 Å². The summed E-state index contributed by atoms with van der Waals surface area (Å²) < 4.78 is 0.764. The normalized spacial score (nSPS) is 10.5. The number of benzene rings is 2. The number of hydrogen-bond donors (Lipinski definition) is 0. The summed E-state index contributed by atoms with van der Waals surface area (Å²) in [6.07, 6.45) is 0. The van der Waals surface area contributed by atoms with E-state index < -0.39 is 0 Å². The third-order valence-electron chi connectivity index (χ3n) is 3.28. The molecule has 0 saturated carbocycles. The minimum Gasteiger partial charge on any atom is -0.335 e. The van der Waals surface area contributed by atoms with E-state index in [0.717, 1.165) is 10.0 Å². The van der Waals surface area contributed by atoms with Crippen LogP contribution >= 0.6 is 27.5 Å². The van der Waals surface area contributed by atoms with Crippen molar-refractivity contribution < 1.29 is 4.79 Å². The SMILES string of the molecule is CCN(Cc1cccc(C)c1)C(=O)c1cc(Cl)ccc1Br. The molecule has 110 valence electrons. The van der Waals surface area contributed by atoms with Crippen LogP contribution in [0.25, 0.3) is 0 Å². The highest BCUT2D eigenvalue weighted by molar-refractivity contribution is 9.10. The van der Waals surface area contributed by atoms with Crippen LogP contribution in [0.1, 0.15) is 28.4 Å². The van der Waals surface area contributed by atoms with E-state index in [1.165, 1.54) is 5.56 Å². The number of hydrogen-bond acceptors (Lipinski definition) is 1. The standard InChI is InChI=1S/C17H17BrClNO/c1-3-20(11-13-6-4-5-12(2)9-13)17(21)15-10-14(19)7-8-16(15)18/h4-10H,3,11H2,1-2H3. The smallest absolute Gasteiger partial charge is 0.255 e. The number of carbonyl (C=O) groups excluding carboxylic acids is 1. The van der Waals surface area contributed by atoms with Gasteiger partial charge in [-0.25, -0.2) is 0 Å². The van der Waals surface area contributed by atoms with Crippen molar-refractivity contribution in [2.24, 2.45) is 0 Å². The number of carbonyl (C=O) groups is 1. The third kappa shape index (κ3) is 4.08. The maximum absolute atomic E-state index is 12.7. The molecule has 0 aliphatic heterocycles. The van der Waals surface area contributed by atoms with E-state index in [9.17, 15) is 4.79 Å². The van der Waals surface area contributed by atoms with Gasteiger partial charge < -0.3 is 4.90 Å². The molecule has 0 bridgehead atoms. The number of rotatable bonds is 4. The number of halogens is 2. The molecule has 0 unspecified atom stereocenters. The molecule has 2 nitrogen and oxygen atoms in total. The van der Waals surface area contributed by atoms with Gasteiger partial charge in [0.25, 0.3) is 5.91 Å². The fraction of sp³-hybridized carbons (Fsp3) is 0.235. The first-order valence-electron chi connectivity index (χ1n) is 6.81. The Kier molecular flexibility index (Phi) is 5.43. The molecule has 0 heterocycles. The largest absolute Gasteiger partial charge is 0.335 e. The third-order valence-corrected chi connectivity index (χ3v) is 4.21. The highest BCUT2D eigenvalue weighted by Gasteiger charge is 2.17.